The van der Waals surface area contributed by atoms with Crippen LogP contribution in [0.2, 0.25) is 0 Å². The lowest BCUT2D eigenvalue weighted by atomic mass is 10.1. The van der Waals surface area contributed by atoms with E-state index in [1.54, 1.807) is 6.20 Å². The molecule has 0 bridgehead atoms. The molecule has 1 aromatic carbocycles. The second kappa shape index (κ2) is 10.6. The molecule has 37 heavy (non-hydrogen) atoms. The molecule has 0 radical (unpaired) electrons. The van der Waals surface area contributed by atoms with E-state index in [2.05, 4.69) is 43.0 Å². The minimum atomic E-state index is 0.124. The van der Waals surface area contributed by atoms with Gasteiger partial charge in [-0.25, -0.2) is 15.0 Å². The minimum absolute atomic E-state index is 0.124. The number of fused-ring (bicyclic) bond motifs is 1. The third-order valence-electron chi connectivity index (χ3n) is 7.16. The highest BCUT2D eigenvalue weighted by Crippen LogP contribution is 2.31. The van der Waals surface area contributed by atoms with Crippen LogP contribution in [-0.4, -0.2) is 82.8 Å². The van der Waals surface area contributed by atoms with E-state index >= 15 is 0 Å². The Balaban J connectivity index is 1.12. The van der Waals surface area contributed by atoms with Crippen LogP contribution in [0.4, 0.5) is 11.6 Å². The number of pyridine rings is 1. The normalized spacial score (nSPS) is 16.7. The van der Waals surface area contributed by atoms with Gasteiger partial charge < -0.3 is 24.0 Å². The number of para-hydroxylation sites is 1. The molecule has 0 atom stereocenters. The fourth-order valence-electron chi connectivity index (χ4n) is 5.15. The first-order chi connectivity index (χ1) is 18.3. The largest absolute Gasteiger partial charge is 0.380 e. The number of aromatic nitrogens is 4. The second-order valence-electron chi connectivity index (χ2n) is 9.47. The number of amides is 1. The molecule has 3 aromatic heterocycles. The average Bonchev–Trinajstić information content (AvgIpc) is 3.16. The van der Waals surface area contributed by atoms with Crippen LogP contribution in [0.15, 0.2) is 67.3 Å². The van der Waals surface area contributed by atoms with Gasteiger partial charge in [-0.2, -0.15) is 0 Å². The molecule has 9 nitrogen and oxygen atoms in total. The van der Waals surface area contributed by atoms with Gasteiger partial charge in [0.25, 0.3) is 0 Å². The number of piperazine rings is 1. The van der Waals surface area contributed by atoms with Crippen molar-refractivity contribution in [1.82, 2.24) is 24.4 Å². The van der Waals surface area contributed by atoms with Crippen LogP contribution in [0.5, 0.6) is 0 Å². The van der Waals surface area contributed by atoms with Crippen molar-refractivity contribution in [2.45, 2.75) is 13.0 Å². The lowest BCUT2D eigenvalue weighted by Crippen LogP contribution is -2.49. The van der Waals surface area contributed by atoms with E-state index in [1.165, 1.54) is 0 Å². The Kier molecular flexibility index (Phi) is 6.68. The summed E-state index contributed by atoms with van der Waals surface area (Å²) in [5.41, 5.74) is 4.10. The molecule has 2 aliphatic heterocycles. The van der Waals surface area contributed by atoms with Crippen molar-refractivity contribution in [1.29, 1.82) is 0 Å². The first kappa shape index (κ1) is 23.4. The van der Waals surface area contributed by atoms with Gasteiger partial charge in [0.1, 0.15) is 12.2 Å². The Morgan fingerprint density at radius 2 is 1.68 bits per heavy atom. The Bertz CT molecular complexity index is 1350. The zero-order chi connectivity index (χ0) is 25.0. The highest BCUT2D eigenvalue weighted by atomic mass is 16.5. The van der Waals surface area contributed by atoms with E-state index in [4.69, 9.17) is 4.74 Å². The highest BCUT2D eigenvalue weighted by Gasteiger charge is 2.23. The predicted molar refractivity (Wildman–Crippen MR) is 144 cm³/mol. The molecule has 0 unspecified atom stereocenters. The summed E-state index contributed by atoms with van der Waals surface area (Å²) >= 11 is 0. The molecule has 6 rings (SSSR count). The van der Waals surface area contributed by atoms with Gasteiger partial charge in [-0.1, -0.05) is 18.2 Å². The molecule has 2 fully saturated rings. The quantitative estimate of drug-likeness (QED) is 0.419. The lowest BCUT2D eigenvalue weighted by Gasteiger charge is -2.37. The van der Waals surface area contributed by atoms with Gasteiger partial charge in [-0.05, 0) is 30.7 Å². The van der Waals surface area contributed by atoms with Crippen molar-refractivity contribution in [3.63, 3.8) is 0 Å². The van der Waals surface area contributed by atoms with Crippen molar-refractivity contribution >= 4 is 28.6 Å². The van der Waals surface area contributed by atoms with Crippen LogP contribution in [0.1, 0.15) is 6.42 Å². The zero-order valence-electron chi connectivity index (χ0n) is 20.9. The number of hydrogen-bond acceptors (Lipinski definition) is 7. The SMILES string of the molecule is O=C(Cn1ccc2cccnc21)N1CCN(c2ccccc2-c2cnc(N3CCCOCC3)nc2)CC1. The zero-order valence-corrected chi connectivity index (χ0v) is 20.9. The van der Waals surface area contributed by atoms with Crippen molar-refractivity contribution in [3.05, 3.63) is 67.3 Å². The summed E-state index contributed by atoms with van der Waals surface area (Å²) in [6, 6.07) is 14.3. The van der Waals surface area contributed by atoms with Crippen LogP contribution in [0.25, 0.3) is 22.2 Å². The van der Waals surface area contributed by atoms with E-state index in [9.17, 15) is 4.79 Å². The van der Waals surface area contributed by atoms with Gasteiger partial charge in [0.2, 0.25) is 11.9 Å². The first-order valence-electron chi connectivity index (χ1n) is 12.9. The number of nitrogens with zero attached hydrogens (tertiary/aromatic N) is 7. The highest BCUT2D eigenvalue weighted by molar-refractivity contribution is 5.82. The summed E-state index contributed by atoms with van der Waals surface area (Å²) in [5.74, 6) is 0.878. The van der Waals surface area contributed by atoms with Crippen molar-refractivity contribution in [2.75, 3.05) is 62.3 Å². The van der Waals surface area contributed by atoms with Crippen LogP contribution in [-0.2, 0) is 16.1 Å². The van der Waals surface area contributed by atoms with Gasteiger partial charge in [-0.3, -0.25) is 4.79 Å². The maximum atomic E-state index is 13.1. The van der Waals surface area contributed by atoms with Crippen molar-refractivity contribution in [3.8, 4) is 11.1 Å². The molecular formula is C28H31N7O2. The molecule has 190 valence electrons. The maximum absolute atomic E-state index is 13.1. The Hall–Kier alpha value is -3.98. The van der Waals surface area contributed by atoms with E-state index in [0.29, 0.717) is 26.2 Å². The third kappa shape index (κ3) is 4.99. The molecule has 2 saturated heterocycles. The summed E-state index contributed by atoms with van der Waals surface area (Å²) in [7, 11) is 0. The van der Waals surface area contributed by atoms with Gasteiger partial charge >= 0.3 is 0 Å². The lowest BCUT2D eigenvalue weighted by molar-refractivity contribution is -0.132. The topological polar surface area (TPSA) is 79.6 Å². The fourth-order valence-corrected chi connectivity index (χ4v) is 5.15. The van der Waals surface area contributed by atoms with Gasteiger partial charge in [0.15, 0.2) is 0 Å². The third-order valence-corrected chi connectivity index (χ3v) is 7.16. The number of anilines is 2. The summed E-state index contributed by atoms with van der Waals surface area (Å²) in [4.78, 5) is 33.3. The standard InChI is InChI=1S/C28H31N7O2/c36-26(21-35-11-8-22-5-3-9-29-27(22)35)33-14-12-32(13-15-33)25-7-2-1-6-24(25)23-19-30-28(31-20-23)34-10-4-17-37-18-16-34/h1-3,5-9,11,19-20H,4,10,12-18,21H2. The summed E-state index contributed by atoms with van der Waals surface area (Å²) in [6.45, 7) is 6.47. The van der Waals surface area contributed by atoms with Crippen LogP contribution < -0.4 is 9.80 Å². The Labute approximate surface area is 216 Å². The molecule has 4 aromatic rings. The van der Waals surface area contributed by atoms with Crippen LogP contribution in [0.3, 0.4) is 0 Å². The number of hydrogen-bond donors (Lipinski definition) is 0. The average molecular weight is 498 g/mol. The number of ether oxygens (including phenoxy) is 1. The molecule has 0 N–H and O–H groups in total. The van der Waals surface area contributed by atoms with E-state index < -0.39 is 0 Å². The van der Waals surface area contributed by atoms with E-state index in [0.717, 1.165) is 73.0 Å². The molecule has 2 aliphatic rings. The maximum Gasteiger partial charge on any atom is 0.242 e. The number of benzene rings is 1. The predicted octanol–water partition coefficient (Wildman–Crippen LogP) is 3.07. The number of carbonyl (C=O) groups is 1. The second-order valence-corrected chi connectivity index (χ2v) is 9.47. The van der Waals surface area contributed by atoms with Gasteiger partial charge in [0, 0.05) is 92.9 Å². The molecule has 9 heteroatoms. The van der Waals surface area contributed by atoms with Crippen molar-refractivity contribution < 1.29 is 9.53 Å². The van der Waals surface area contributed by atoms with Crippen LogP contribution >= 0.6 is 0 Å². The molecule has 5 heterocycles. The summed E-state index contributed by atoms with van der Waals surface area (Å²) < 4.78 is 7.49. The Morgan fingerprint density at radius 1 is 0.838 bits per heavy atom. The van der Waals surface area contributed by atoms with Crippen molar-refractivity contribution in [2.24, 2.45) is 0 Å². The minimum Gasteiger partial charge on any atom is -0.380 e. The fraction of sp³-hybridized carbons (Fsp3) is 0.357. The monoisotopic (exact) mass is 497 g/mol. The van der Waals surface area contributed by atoms with Gasteiger partial charge in [0.05, 0.1) is 6.61 Å². The summed E-state index contributed by atoms with van der Waals surface area (Å²) in [5, 5.41) is 1.05. The first-order valence-corrected chi connectivity index (χ1v) is 12.9. The number of rotatable bonds is 5. The van der Waals surface area contributed by atoms with E-state index in [-0.39, 0.29) is 5.91 Å². The van der Waals surface area contributed by atoms with Gasteiger partial charge in [-0.15, -0.1) is 0 Å². The molecule has 0 aliphatic carbocycles. The molecule has 0 saturated carbocycles. The van der Waals surface area contributed by atoms with Crippen LogP contribution in [0, 0.1) is 0 Å². The molecular weight excluding hydrogens is 466 g/mol. The Morgan fingerprint density at radius 3 is 2.54 bits per heavy atom. The van der Waals surface area contributed by atoms with E-state index in [1.807, 2.05) is 52.3 Å². The number of carbonyl (C=O) groups excluding carboxylic acids is 1. The molecule has 0 spiro atoms. The smallest absolute Gasteiger partial charge is 0.242 e. The molecule has 1 amide bonds. The summed E-state index contributed by atoms with van der Waals surface area (Å²) in [6.07, 6.45) is 8.53.